The summed E-state index contributed by atoms with van der Waals surface area (Å²) in [5.41, 5.74) is 2.05. The van der Waals surface area contributed by atoms with Crippen molar-refractivity contribution in [1.29, 1.82) is 0 Å². The van der Waals surface area contributed by atoms with Crippen molar-refractivity contribution < 1.29 is 28.6 Å². The van der Waals surface area contributed by atoms with Crippen LogP contribution in [0.5, 0.6) is 11.5 Å². The van der Waals surface area contributed by atoms with Crippen molar-refractivity contribution in [1.82, 2.24) is 10.3 Å². The molecular formula is C23H28N2O6. The fraction of sp³-hybridized carbons (Fsp3) is 0.391. The van der Waals surface area contributed by atoms with Gasteiger partial charge in [-0.15, -0.1) is 0 Å². The summed E-state index contributed by atoms with van der Waals surface area (Å²) in [7, 11) is 1.39. The molecule has 0 spiro atoms. The summed E-state index contributed by atoms with van der Waals surface area (Å²) in [6.45, 7) is 6.76. The van der Waals surface area contributed by atoms with Gasteiger partial charge in [-0.1, -0.05) is 38.1 Å². The number of aromatic nitrogens is 1. The van der Waals surface area contributed by atoms with Crippen molar-refractivity contribution >= 4 is 17.8 Å². The Balaban J connectivity index is 1.99. The second-order valence-electron chi connectivity index (χ2n) is 7.38. The minimum atomic E-state index is -0.686. The van der Waals surface area contributed by atoms with Crippen LogP contribution in [0.3, 0.4) is 0 Å². The number of nitrogens with one attached hydrogen (secondary N) is 1. The maximum atomic E-state index is 12.6. The van der Waals surface area contributed by atoms with E-state index in [1.165, 1.54) is 19.4 Å². The number of hydrogen-bond acceptors (Lipinski definition) is 7. The second kappa shape index (κ2) is 11.1. The number of aryl methyl sites for hydroxylation is 1. The zero-order valence-corrected chi connectivity index (χ0v) is 18.4. The average Bonchev–Trinajstić information content (AvgIpc) is 2.73. The van der Waals surface area contributed by atoms with E-state index in [-0.39, 0.29) is 29.8 Å². The van der Waals surface area contributed by atoms with Crippen LogP contribution in [0.4, 0.5) is 0 Å². The highest BCUT2D eigenvalue weighted by molar-refractivity contribution is 5.98. The number of rotatable bonds is 9. The van der Waals surface area contributed by atoms with Gasteiger partial charge in [-0.3, -0.25) is 14.4 Å². The maximum absolute atomic E-state index is 12.6. The van der Waals surface area contributed by atoms with E-state index < -0.39 is 23.8 Å². The van der Waals surface area contributed by atoms with Gasteiger partial charge in [0.1, 0.15) is 12.6 Å². The van der Waals surface area contributed by atoms with Crippen molar-refractivity contribution in [3.8, 4) is 11.5 Å². The topological polar surface area (TPSA) is 104 Å². The monoisotopic (exact) mass is 428 g/mol. The first-order chi connectivity index (χ1) is 14.7. The van der Waals surface area contributed by atoms with Gasteiger partial charge in [0.05, 0.1) is 13.0 Å². The number of pyridine rings is 1. The largest absolute Gasteiger partial charge is 0.493 e. The van der Waals surface area contributed by atoms with E-state index in [1.54, 1.807) is 20.8 Å². The molecule has 1 unspecified atom stereocenters. The Kier molecular flexibility index (Phi) is 8.54. The van der Waals surface area contributed by atoms with Crippen LogP contribution in [-0.2, 0) is 20.7 Å². The molecule has 0 bridgehead atoms. The van der Waals surface area contributed by atoms with Gasteiger partial charge < -0.3 is 19.5 Å². The van der Waals surface area contributed by atoms with E-state index in [2.05, 4.69) is 10.3 Å². The molecule has 0 aliphatic rings. The molecular weight excluding hydrogens is 400 g/mol. The third-order valence-corrected chi connectivity index (χ3v) is 4.47. The summed E-state index contributed by atoms with van der Waals surface area (Å²) >= 11 is 0. The number of carbonyl (C=O) groups excluding carboxylic acids is 3. The highest BCUT2D eigenvalue weighted by Gasteiger charge is 2.23. The Hall–Kier alpha value is -3.42. The first-order valence-corrected chi connectivity index (χ1v) is 9.99. The molecule has 1 N–H and O–H groups in total. The highest BCUT2D eigenvalue weighted by Crippen LogP contribution is 2.30. The van der Waals surface area contributed by atoms with Gasteiger partial charge in [0.25, 0.3) is 5.91 Å². The molecule has 0 saturated heterocycles. The molecule has 166 valence electrons. The van der Waals surface area contributed by atoms with Gasteiger partial charge >= 0.3 is 11.9 Å². The number of ether oxygens (including phenoxy) is 3. The molecule has 0 aliphatic carbocycles. The van der Waals surface area contributed by atoms with Gasteiger partial charge in [0, 0.05) is 18.7 Å². The lowest BCUT2D eigenvalue weighted by Crippen LogP contribution is -2.33. The molecule has 1 aromatic heterocycles. The molecule has 0 saturated carbocycles. The predicted molar refractivity (Wildman–Crippen MR) is 114 cm³/mol. The fourth-order valence-corrected chi connectivity index (χ4v) is 2.76. The molecule has 1 heterocycles. The van der Waals surface area contributed by atoms with E-state index in [0.29, 0.717) is 6.42 Å². The first kappa shape index (κ1) is 23.9. The standard InChI is InChI=1S/C23H28N2O6/c1-14(2)23(28)31-21-18(29-5)10-11-24-20(21)22(27)25-13-19(26)30-16(4)12-17-9-7-6-8-15(17)3/h6-11,14,16H,12-13H2,1-5H3,(H,25,27). The van der Waals surface area contributed by atoms with Crippen LogP contribution in [0.25, 0.3) is 0 Å². The first-order valence-electron chi connectivity index (χ1n) is 9.99. The lowest BCUT2D eigenvalue weighted by atomic mass is 10.0. The van der Waals surface area contributed by atoms with Gasteiger partial charge in [-0.05, 0) is 25.0 Å². The second-order valence-corrected chi connectivity index (χ2v) is 7.38. The number of amides is 1. The molecule has 1 amide bonds. The van der Waals surface area contributed by atoms with Gasteiger partial charge in [0.15, 0.2) is 11.4 Å². The summed E-state index contributed by atoms with van der Waals surface area (Å²) in [5.74, 6) is -2.13. The highest BCUT2D eigenvalue weighted by atomic mass is 16.6. The van der Waals surface area contributed by atoms with Gasteiger partial charge in [-0.2, -0.15) is 0 Å². The minimum Gasteiger partial charge on any atom is -0.493 e. The van der Waals surface area contributed by atoms with Gasteiger partial charge in [0.2, 0.25) is 5.75 Å². The summed E-state index contributed by atoms with van der Waals surface area (Å²) in [4.78, 5) is 40.7. The van der Waals surface area contributed by atoms with E-state index in [1.807, 2.05) is 31.2 Å². The van der Waals surface area contributed by atoms with Crippen LogP contribution in [0.1, 0.15) is 42.4 Å². The molecule has 0 fully saturated rings. The summed E-state index contributed by atoms with van der Waals surface area (Å²) in [5, 5.41) is 2.45. The summed E-state index contributed by atoms with van der Waals surface area (Å²) < 4.78 is 15.9. The van der Waals surface area contributed by atoms with Crippen molar-refractivity contribution in [2.45, 2.75) is 40.2 Å². The van der Waals surface area contributed by atoms with Crippen molar-refractivity contribution in [2.24, 2.45) is 5.92 Å². The smallest absolute Gasteiger partial charge is 0.325 e. The number of carbonyl (C=O) groups is 3. The van der Waals surface area contributed by atoms with Crippen LogP contribution >= 0.6 is 0 Å². The fourth-order valence-electron chi connectivity index (χ4n) is 2.76. The molecule has 8 heteroatoms. The number of hydrogen-bond donors (Lipinski definition) is 1. The molecule has 8 nitrogen and oxygen atoms in total. The maximum Gasteiger partial charge on any atom is 0.325 e. The number of methoxy groups -OCH3 is 1. The molecule has 0 aliphatic heterocycles. The normalized spacial score (nSPS) is 11.5. The number of nitrogens with zero attached hydrogens (tertiary/aromatic N) is 1. The molecule has 1 atom stereocenters. The SMILES string of the molecule is COc1ccnc(C(=O)NCC(=O)OC(C)Cc2ccccc2C)c1OC(=O)C(C)C. The van der Waals surface area contributed by atoms with Crippen LogP contribution in [0.2, 0.25) is 0 Å². The molecule has 0 radical (unpaired) electrons. The van der Waals surface area contributed by atoms with Crippen LogP contribution in [0, 0.1) is 12.8 Å². The van der Waals surface area contributed by atoms with Crippen molar-refractivity contribution in [3.63, 3.8) is 0 Å². The van der Waals surface area contributed by atoms with Gasteiger partial charge in [-0.25, -0.2) is 4.98 Å². The predicted octanol–water partition coefficient (Wildman–Crippen LogP) is 2.86. The van der Waals surface area contributed by atoms with E-state index in [9.17, 15) is 14.4 Å². The van der Waals surface area contributed by atoms with E-state index in [4.69, 9.17) is 14.2 Å². The zero-order valence-electron chi connectivity index (χ0n) is 18.4. The Morgan fingerprint density at radius 2 is 1.81 bits per heavy atom. The Bertz CT molecular complexity index is 941. The zero-order chi connectivity index (χ0) is 23.0. The summed E-state index contributed by atoms with van der Waals surface area (Å²) in [6, 6.07) is 9.33. The molecule has 2 rings (SSSR count). The summed E-state index contributed by atoms with van der Waals surface area (Å²) in [6.07, 6.45) is 1.56. The minimum absolute atomic E-state index is 0.0949. The molecule has 31 heavy (non-hydrogen) atoms. The Labute approximate surface area is 181 Å². The number of esters is 2. The quantitative estimate of drug-likeness (QED) is 0.613. The number of benzene rings is 1. The Morgan fingerprint density at radius 3 is 2.45 bits per heavy atom. The third kappa shape index (κ3) is 6.80. The Morgan fingerprint density at radius 1 is 1.10 bits per heavy atom. The van der Waals surface area contributed by atoms with Crippen LogP contribution < -0.4 is 14.8 Å². The third-order valence-electron chi connectivity index (χ3n) is 4.47. The van der Waals surface area contributed by atoms with Crippen LogP contribution in [0.15, 0.2) is 36.5 Å². The van der Waals surface area contributed by atoms with E-state index in [0.717, 1.165) is 11.1 Å². The van der Waals surface area contributed by atoms with Crippen molar-refractivity contribution in [3.05, 3.63) is 53.3 Å². The molecule has 2 aromatic rings. The van der Waals surface area contributed by atoms with Crippen LogP contribution in [-0.4, -0.2) is 42.6 Å². The lowest BCUT2D eigenvalue weighted by molar-refractivity contribution is -0.146. The van der Waals surface area contributed by atoms with E-state index >= 15 is 0 Å². The van der Waals surface area contributed by atoms with Crippen molar-refractivity contribution in [2.75, 3.05) is 13.7 Å². The average molecular weight is 428 g/mol. The molecule has 1 aromatic carbocycles. The lowest BCUT2D eigenvalue weighted by Gasteiger charge is -2.16.